The molecule has 1 aliphatic rings. The molecule has 26 heavy (non-hydrogen) atoms. The summed E-state index contributed by atoms with van der Waals surface area (Å²) in [6, 6.07) is 4.75. The van der Waals surface area contributed by atoms with Crippen LogP contribution in [-0.4, -0.2) is 0 Å². The third-order valence-corrected chi connectivity index (χ3v) is 5.82. The lowest BCUT2D eigenvalue weighted by Crippen LogP contribution is -2.13. The van der Waals surface area contributed by atoms with E-state index in [4.69, 9.17) is 0 Å². The van der Waals surface area contributed by atoms with Gasteiger partial charge in [0.15, 0.2) is 0 Å². The second-order valence-electron chi connectivity index (χ2n) is 7.84. The molecule has 0 amide bonds. The molecule has 0 nitrogen and oxygen atoms in total. The zero-order chi connectivity index (χ0) is 18.8. The number of halogens is 3. The maximum Gasteiger partial charge on any atom is 0.271 e. The third-order valence-electron chi connectivity index (χ3n) is 5.82. The van der Waals surface area contributed by atoms with Gasteiger partial charge in [0.25, 0.3) is 6.08 Å². The molecule has 1 fully saturated rings. The molecule has 0 N–H and O–H groups in total. The Balaban J connectivity index is 1.70. The quantitative estimate of drug-likeness (QED) is 0.364. The Morgan fingerprint density at radius 2 is 1.62 bits per heavy atom. The average molecular weight is 367 g/mol. The van der Waals surface area contributed by atoms with Crippen molar-refractivity contribution in [1.82, 2.24) is 0 Å². The lowest BCUT2D eigenvalue weighted by Gasteiger charge is -2.29. The number of benzene rings is 1. The summed E-state index contributed by atoms with van der Waals surface area (Å²) >= 11 is 0. The summed E-state index contributed by atoms with van der Waals surface area (Å²) in [6.07, 6.45) is 14.2. The second kappa shape index (κ2) is 11.5. The number of rotatable bonds is 10. The van der Waals surface area contributed by atoms with Crippen LogP contribution in [-0.2, 0) is 0 Å². The van der Waals surface area contributed by atoms with Crippen molar-refractivity contribution < 1.29 is 13.2 Å². The lowest BCUT2D eigenvalue weighted by atomic mass is 9.77. The van der Waals surface area contributed by atoms with Gasteiger partial charge >= 0.3 is 0 Å². The predicted molar refractivity (Wildman–Crippen MR) is 104 cm³/mol. The summed E-state index contributed by atoms with van der Waals surface area (Å²) in [4.78, 5) is 0. The van der Waals surface area contributed by atoms with E-state index in [0.29, 0.717) is 12.0 Å². The van der Waals surface area contributed by atoms with Crippen LogP contribution in [0.15, 0.2) is 24.3 Å². The largest absolute Gasteiger partial charge is 0.271 e. The predicted octanol–water partition coefficient (Wildman–Crippen LogP) is 8.48. The van der Waals surface area contributed by atoms with Crippen molar-refractivity contribution in [3.05, 3.63) is 41.2 Å². The highest BCUT2D eigenvalue weighted by atomic mass is 19.3. The first-order chi connectivity index (χ1) is 12.6. The van der Waals surface area contributed by atoms with Crippen LogP contribution in [0, 0.1) is 11.7 Å². The molecule has 1 saturated carbocycles. The van der Waals surface area contributed by atoms with E-state index in [0.717, 1.165) is 24.3 Å². The lowest BCUT2D eigenvalue weighted by molar-refractivity contribution is 0.301. The van der Waals surface area contributed by atoms with Crippen LogP contribution in [0.5, 0.6) is 0 Å². The fourth-order valence-electron chi connectivity index (χ4n) is 4.21. The molecular weight excluding hydrogens is 333 g/mol. The summed E-state index contributed by atoms with van der Waals surface area (Å²) in [5.74, 6) is 0.651. The maximum absolute atomic E-state index is 14.0. The molecule has 0 spiro atoms. The van der Waals surface area contributed by atoms with E-state index in [1.807, 2.05) is 6.07 Å². The number of hydrogen-bond donors (Lipinski definition) is 0. The summed E-state index contributed by atoms with van der Waals surface area (Å²) < 4.78 is 38.6. The van der Waals surface area contributed by atoms with Crippen molar-refractivity contribution in [2.75, 3.05) is 0 Å². The van der Waals surface area contributed by atoms with Gasteiger partial charge in [-0.3, -0.25) is 0 Å². The van der Waals surface area contributed by atoms with E-state index in [-0.39, 0.29) is 5.56 Å². The molecule has 1 aromatic rings. The van der Waals surface area contributed by atoms with Crippen molar-refractivity contribution in [3.8, 4) is 0 Å². The third kappa shape index (κ3) is 7.17. The van der Waals surface area contributed by atoms with Gasteiger partial charge in [-0.25, -0.2) is 4.39 Å². The molecule has 0 aromatic heterocycles. The molecule has 0 aliphatic heterocycles. The van der Waals surface area contributed by atoms with Crippen molar-refractivity contribution in [3.63, 3.8) is 0 Å². The van der Waals surface area contributed by atoms with Crippen LogP contribution in [0.4, 0.5) is 13.2 Å². The van der Waals surface area contributed by atoms with Gasteiger partial charge in [0.2, 0.25) is 0 Å². The van der Waals surface area contributed by atoms with Crippen molar-refractivity contribution in [2.24, 2.45) is 5.92 Å². The molecular formula is C23H33F3. The minimum absolute atomic E-state index is 0.0265. The zero-order valence-electron chi connectivity index (χ0n) is 16.1. The van der Waals surface area contributed by atoms with Gasteiger partial charge in [-0.15, -0.1) is 0 Å². The fourth-order valence-corrected chi connectivity index (χ4v) is 4.21. The van der Waals surface area contributed by atoms with Gasteiger partial charge in [0.1, 0.15) is 5.82 Å². The molecule has 0 saturated heterocycles. The van der Waals surface area contributed by atoms with Crippen LogP contribution in [0.3, 0.4) is 0 Å². The normalized spacial score (nSPS) is 20.2. The highest BCUT2D eigenvalue weighted by Crippen LogP contribution is 2.38. The molecule has 3 heteroatoms. The summed E-state index contributed by atoms with van der Waals surface area (Å²) in [7, 11) is 0. The van der Waals surface area contributed by atoms with Gasteiger partial charge in [-0.2, -0.15) is 8.78 Å². The standard InChI is InChI=1S/C23H33F3/c1-2-3-4-5-6-7-8-9-18-10-12-19(13-11-18)20-14-15-21(17-23(25)26)22(24)16-20/h14-19H,2-13H2,1H3. The van der Waals surface area contributed by atoms with E-state index < -0.39 is 11.9 Å². The molecule has 0 heterocycles. The summed E-state index contributed by atoms with van der Waals surface area (Å²) in [6.45, 7) is 2.25. The van der Waals surface area contributed by atoms with E-state index in [9.17, 15) is 13.2 Å². The minimum Gasteiger partial charge on any atom is -0.206 e. The first-order valence-electron chi connectivity index (χ1n) is 10.4. The molecule has 0 atom stereocenters. The molecule has 2 rings (SSSR count). The highest BCUT2D eigenvalue weighted by Gasteiger charge is 2.22. The van der Waals surface area contributed by atoms with Gasteiger partial charge in [0, 0.05) is 11.6 Å². The van der Waals surface area contributed by atoms with E-state index in [1.165, 1.54) is 76.3 Å². The van der Waals surface area contributed by atoms with Gasteiger partial charge in [0.05, 0.1) is 0 Å². The fraction of sp³-hybridized carbons (Fsp3) is 0.652. The van der Waals surface area contributed by atoms with Gasteiger partial charge in [-0.1, -0.05) is 70.4 Å². The first-order valence-corrected chi connectivity index (χ1v) is 10.4. The molecule has 146 valence electrons. The van der Waals surface area contributed by atoms with Crippen molar-refractivity contribution in [1.29, 1.82) is 0 Å². The van der Waals surface area contributed by atoms with E-state index >= 15 is 0 Å². The van der Waals surface area contributed by atoms with Crippen LogP contribution in [0.25, 0.3) is 6.08 Å². The van der Waals surface area contributed by atoms with Crippen LogP contribution < -0.4 is 0 Å². The average Bonchev–Trinajstić information content (AvgIpc) is 2.63. The minimum atomic E-state index is -1.86. The monoisotopic (exact) mass is 366 g/mol. The molecule has 0 radical (unpaired) electrons. The maximum atomic E-state index is 14.0. The van der Waals surface area contributed by atoms with Crippen LogP contribution in [0.1, 0.15) is 101 Å². The van der Waals surface area contributed by atoms with Crippen LogP contribution in [0.2, 0.25) is 0 Å². The summed E-state index contributed by atoms with van der Waals surface area (Å²) in [5.41, 5.74) is 0.940. The van der Waals surface area contributed by atoms with E-state index in [2.05, 4.69) is 6.92 Å². The Hall–Kier alpha value is -1.25. The Kier molecular flexibility index (Phi) is 9.28. The molecule has 0 unspecified atom stereocenters. The highest BCUT2D eigenvalue weighted by molar-refractivity contribution is 5.51. The SMILES string of the molecule is CCCCCCCCCC1CCC(c2ccc(C=C(F)F)c(F)c2)CC1. The van der Waals surface area contributed by atoms with Crippen molar-refractivity contribution in [2.45, 2.75) is 89.9 Å². The molecule has 0 bridgehead atoms. The van der Waals surface area contributed by atoms with Gasteiger partial charge < -0.3 is 0 Å². The van der Waals surface area contributed by atoms with Gasteiger partial charge in [-0.05, 0) is 49.1 Å². The summed E-state index contributed by atoms with van der Waals surface area (Å²) in [5, 5.41) is 0. The Morgan fingerprint density at radius 1 is 0.962 bits per heavy atom. The smallest absolute Gasteiger partial charge is 0.206 e. The van der Waals surface area contributed by atoms with E-state index in [1.54, 1.807) is 0 Å². The second-order valence-corrected chi connectivity index (χ2v) is 7.84. The zero-order valence-corrected chi connectivity index (χ0v) is 16.1. The number of unbranched alkanes of at least 4 members (excludes halogenated alkanes) is 6. The topological polar surface area (TPSA) is 0 Å². The Labute approximate surface area is 156 Å². The number of hydrogen-bond acceptors (Lipinski definition) is 0. The Morgan fingerprint density at radius 3 is 2.23 bits per heavy atom. The molecule has 1 aliphatic carbocycles. The Bertz CT molecular complexity index is 553. The molecule has 1 aromatic carbocycles. The van der Waals surface area contributed by atoms with Crippen LogP contribution >= 0.6 is 0 Å². The van der Waals surface area contributed by atoms with Crippen molar-refractivity contribution >= 4 is 6.08 Å². The first kappa shape index (κ1) is 21.1.